The van der Waals surface area contributed by atoms with Gasteiger partial charge in [0, 0.05) is 17.6 Å². The molecule has 8 nitrogen and oxygen atoms in total. The molecule has 3 aromatic heterocycles. The Bertz CT molecular complexity index is 1270. The SMILES string of the molecule is Cc1ccc(-c2[nH]ncc2CNC(=O)c2c(C)oc3ncnc(NC4(C)CC4)c23)cc1. The van der Waals surface area contributed by atoms with Crippen molar-refractivity contribution >= 4 is 22.8 Å². The molecule has 1 fully saturated rings. The van der Waals surface area contributed by atoms with E-state index in [4.69, 9.17) is 4.42 Å². The number of aryl methyl sites for hydroxylation is 2. The molecule has 1 aliphatic rings. The molecule has 158 valence electrons. The highest BCUT2D eigenvalue weighted by Gasteiger charge is 2.38. The van der Waals surface area contributed by atoms with Crippen LogP contribution in [-0.2, 0) is 6.54 Å². The number of furan rings is 1. The number of carbonyl (C=O) groups excluding carboxylic acids is 1. The molecule has 1 amide bonds. The fourth-order valence-corrected chi connectivity index (χ4v) is 3.69. The number of hydrogen-bond donors (Lipinski definition) is 3. The van der Waals surface area contributed by atoms with E-state index in [1.165, 1.54) is 11.9 Å². The van der Waals surface area contributed by atoms with Gasteiger partial charge in [0.1, 0.15) is 17.9 Å². The highest BCUT2D eigenvalue weighted by Crippen LogP contribution is 2.40. The van der Waals surface area contributed by atoms with E-state index in [2.05, 4.69) is 37.7 Å². The molecule has 5 rings (SSSR count). The number of anilines is 1. The van der Waals surface area contributed by atoms with Gasteiger partial charge in [0.25, 0.3) is 5.91 Å². The van der Waals surface area contributed by atoms with E-state index < -0.39 is 0 Å². The highest BCUT2D eigenvalue weighted by molar-refractivity contribution is 6.10. The smallest absolute Gasteiger partial charge is 0.255 e. The second-order valence-electron chi connectivity index (χ2n) is 8.44. The fourth-order valence-electron chi connectivity index (χ4n) is 3.69. The van der Waals surface area contributed by atoms with Crippen LogP contribution in [-0.4, -0.2) is 31.6 Å². The average Bonchev–Trinajstić information content (AvgIpc) is 3.14. The van der Waals surface area contributed by atoms with E-state index >= 15 is 0 Å². The van der Waals surface area contributed by atoms with Crippen molar-refractivity contribution in [3.63, 3.8) is 0 Å². The minimum Gasteiger partial charge on any atom is -0.442 e. The van der Waals surface area contributed by atoms with Crippen LogP contribution in [0.15, 0.2) is 41.2 Å². The van der Waals surface area contributed by atoms with Gasteiger partial charge in [-0.25, -0.2) is 9.97 Å². The average molecular weight is 416 g/mol. The number of rotatable bonds is 6. The van der Waals surface area contributed by atoms with Gasteiger partial charge in [0.2, 0.25) is 5.71 Å². The summed E-state index contributed by atoms with van der Waals surface area (Å²) in [5.41, 5.74) is 4.89. The van der Waals surface area contributed by atoms with Gasteiger partial charge >= 0.3 is 0 Å². The molecule has 1 aliphatic carbocycles. The Balaban J connectivity index is 1.41. The van der Waals surface area contributed by atoms with Gasteiger partial charge in [-0.15, -0.1) is 0 Å². The number of H-pyrrole nitrogens is 1. The molecule has 1 aromatic carbocycles. The first kappa shape index (κ1) is 19.3. The Morgan fingerprint density at radius 1 is 1.19 bits per heavy atom. The molecule has 0 spiro atoms. The summed E-state index contributed by atoms with van der Waals surface area (Å²) in [4.78, 5) is 21.8. The first-order valence-electron chi connectivity index (χ1n) is 10.3. The van der Waals surface area contributed by atoms with Gasteiger partial charge in [-0.05, 0) is 39.2 Å². The zero-order chi connectivity index (χ0) is 21.6. The van der Waals surface area contributed by atoms with Gasteiger partial charge in [-0.1, -0.05) is 29.8 Å². The van der Waals surface area contributed by atoms with Crippen LogP contribution in [0.4, 0.5) is 5.82 Å². The Kier molecular flexibility index (Phi) is 4.50. The van der Waals surface area contributed by atoms with Crippen molar-refractivity contribution in [2.24, 2.45) is 0 Å². The zero-order valence-electron chi connectivity index (χ0n) is 17.7. The largest absolute Gasteiger partial charge is 0.442 e. The van der Waals surface area contributed by atoms with Crippen molar-refractivity contribution in [3.05, 3.63) is 59.2 Å². The number of aromatic amines is 1. The minimum absolute atomic E-state index is 0.0138. The molecule has 4 aromatic rings. The molecular formula is C23H24N6O2. The summed E-state index contributed by atoms with van der Waals surface area (Å²) < 4.78 is 5.77. The number of hydrogen-bond acceptors (Lipinski definition) is 6. The number of amides is 1. The summed E-state index contributed by atoms with van der Waals surface area (Å²) in [7, 11) is 0. The molecular weight excluding hydrogens is 392 g/mol. The predicted molar refractivity (Wildman–Crippen MR) is 118 cm³/mol. The molecule has 0 bridgehead atoms. The first-order valence-corrected chi connectivity index (χ1v) is 10.3. The number of nitrogens with zero attached hydrogens (tertiary/aromatic N) is 3. The van der Waals surface area contributed by atoms with Gasteiger partial charge in [0.15, 0.2) is 0 Å². The van der Waals surface area contributed by atoms with E-state index in [0.717, 1.165) is 29.7 Å². The maximum atomic E-state index is 13.2. The lowest BCUT2D eigenvalue weighted by Gasteiger charge is -2.13. The number of aromatic nitrogens is 4. The second kappa shape index (κ2) is 7.23. The van der Waals surface area contributed by atoms with Crippen molar-refractivity contribution in [3.8, 4) is 11.3 Å². The first-order chi connectivity index (χ1) is 14.9. The van der Waals surface area contributed by atoms with E-state index in [9.17, 15) is 4.79 Å². The van der Waals surface area contributed by atoms with E-state index in [1.807, 2.05) is 31.2 Å². The molecule has 3 heterocycles. The summed E-state index contributed by atoms with van der Waals surface area (Å²) in [6, 6.07) is 8.17. The van der Waals surface area contributed by atoms with Crippen molar-refractivity contribution < 1.29 is 9.21 Å². The third-order valence-corrected chi connectivity index (χ3v) is 5.81. The molecule has 0 saturated heterocycles. The molecule has 1 saturated carbocycles. The summed E-state index contributed by atoms with van der Waals surface area (Å²) >= 11 is 0. The van der Waals surface area contributed by atoms with Crippen LogP contribution in [0.1, 0.15) is 47.0 Å². The Labute approximate surface area is 179 Å². The van der Waals surface area contributed by atoms with Gasteiger partial charge in [-0.2, -0.15) is 5.10 Å². The molecule has 0 atom stereocenters. The number of carbonyl (C=O) groups is 1. The monoisotopic (exact) mass is 416 g/mol. The molecule has 31 heavy (non-hydrogen) atoms. The molecule has 0 radical (unpaired) electrons. The Morgan fingerprint density at radius 3 is 2.71 bits per heavy atom. The van der Waals surface area contributed by atoms with E-state index in [-0.39, 0.29) is 11.4 Å². The zero-order valence-corrected chi connectivity index (χ0v) is 17.7. The standard InChI is InChI=1S/C23H24N6O2/c1-13-4-6-15(7-5-13)19-16(11-27-29-19)10-24-21(30)17-14(2)31-22-18(17)20(25-12-26-22)28-23(3)8-9-23/h4-7,11-12H,8-10H2,1-3H3,(H,24,30)(H,27,29)(H,25,26,28). The second-order valence-corrected chi connectivity index (χ2v) is 8.44. The van der Waals surface area contributed by atoms with Gasteiger partial charge in [0.05, 0.1) is 22.8 Å². The summed E-state index contributed by atoms with van der Waals surface area (Å²) in [6.07, 6.45) is 5.33. The molecule has 8 heteroatoms. The molecule has 3 N–H and O–H groups in total. The van der Waals surface area contributed by atoms with Crippen LogP contribution < -0.4 is 10.6 Å². The van der Waals surface area contributed by atoms with E-state index in [0.29, 0.717) is 34.8 Å². The van der Waals surface area contributed by atoms with Crippen LogP contribution in [0, 0.1) is 13.8 Å². The lowest BCUT2D eigenvalue weighted by atomic mass is 10.1. The van der Waals surface area contributed by atoms with Crippen LogP contribution in [0.25, 0.3) is 22.4 Å². The fraction of sp³-hybridized carbons (Fsp3) is 0.304. The summed E-state index contributed by atoms with van der Waals surface area (Å²) in [5.74, 6) is 0.921. The van der Waals surface area contributed by atoms with Gasteiger partial charge < -0.3 is 15.1 Å². The number of benzene rings is 1. The third-order valence-electron chi connectivity index (χ3n) is 5.81. The van der Waals surface area contributed by atoms with Crippen LogP contribution in [0.2, 0.25) is 0 Å². The summed E-state index contributed by atoms with van der Waals surface area (Å²) in [6.45, 7) is 6.29. The normalized spacial score (nSPS) is 14.5. The number of nitrogens with one attached hydrogen (secondary N) is 3. The van der Waals surface area contributed by atoms with Gasteiger partial charge in [-0.3, -0.25) is 9.89 Å². The van der Waals surface area contributed by atoms with Crippen molar-refractivity contribution in [1.82, 2.24) is 25.5 Å². The Morgan fingerprint density at radius 2 is 1.97 bits per heavy atom. The van der Waals surface area contributed by atoms with E-state index in [1.54, 1.807) is 13.1 Å². The topological polar surface area (TPSA) is 109 Å². The number of fused-ring (bicyclic) bond motifs is 1. The van der Waals surface area contributed by atoms with Crippen molar-refractivity contribution in [2.45, 2.75) is 45.7 Å². The quantitative estimate of drug-likeness (QED) is 0.436. The highest BCUT2D eigenvalue weighted by atomic mass is 16.3. The van der Waals surface area contributed by atoms with Crippen molar-refractivity contribution in [1.29, 1.82) is 0 Å². The predicted octanol–water partition coefficient (Wildman–Crippen LogP) is 4.12. The van der Waals surface area contributed by atoms with Crippen molar-refractivity contribution in [2.75, 3.05) is 5.32 Å². The molecule has 0 unspecified atom stereocenters. The van der Waals surface area contributed by atoms with Crippen LogP contribution in [0.3, 0.4) is 0 Å². The summed E-state index contributed by atoms with van der Waals surface area (Å²) in [5, 5.41) is 14.3. The molecule has 0 aliphatic heterocycles. The maximum absolute atomic E-state index is 13.2. The lowest BCUT2D eigenvalue weighted by molar-refractivity contribution is 0.0951. The maximum Gasteiger partial charge on any atom is 0.255 e. The Hall–Kier alpha value is -3.68. The minimum atomic E-state index is -0.230. The third kappa shape index (κ3) is 3.65. The van der Waals surface area contributed by atoms with Crippen LogP contribution >= 0.6 is 0 Å². The lowest BCUT2D eigenvalue weighted by Crippen LogP contribution is -2.24. The van der Waals surface area contributed by atoms with Crippen LogP contribution in [0.5, 0.6) is 0 Å².